The third kappa shape index (κ3) is 2.93. The van der Waals surface area contributed by atoms with E-state index in [2.05, 4.69) is 27.4 Å². The highest BCUT2D eigenvalue weighted by molar-refractivity contribution is 7.25. The summed E-state index contributed by atoms with van der Waals surface area (Å²) in [5, 5.41) is 4.49. The molecule has 8 heteroatoms. The van der Waals surface area contributed by atoms with Crippen LogP contribution in [0.5, 0.6) is 5.75 Å². The molecule has 4 aromatic rings. The number of pyridine rings is 1. The van der Waals surface area contributed by atoms with Crippen molar-refractivity contribution in [2.45, 2.75) is 37.8 Å². The number of thiophene rings is 1. The first-order valence-electron chi connectivity index (χ1n) is 11.0. The minimum Gasteiger partial charge on any atom is -0.496 e. The molecule has 7 nitrogen and oxygen atoms in total. The van der Waals surface area contributed by atoms with Crippen molar-refractivity contribution in [3.8, 4) is 5.75 Å². The van der Waals surface area contributed by atoms with Gasteiger partial charge in [-0.05, 0) is 61.1 Å². The van der Waals surface area contributed by atoms with Crippen molar-refractivity contribution in [2.75, 3.05) is 13.7 Å². The number of benzene rings is 1. The molecule has 32 heavy (non-hydrogen) atoms. The molecule has 2 N–H and O–H groups in total. The molecule has 1 aliphatic heterocycles. The minimum absolute atomic E-state index is 0.220. The number of methoxy groups -OCH3 is 1. The van der Waals surface area contributed by atoms with Gasteiger partial charge in [0.2, 0.25) is 0 Å². The van der Waals surface area contributed by atoms with Crippen molar-refractivity contribution in [3.63, 3.8) is 0 Å². The summed E-state index contributed by atoms with van der Waals surface area (Å²) < 4.78 is 7.52. The van der Waals surface area contributed by atoms with Crippen molar-refractivity contribution < 1.29 is 4.74 Å². The van der Waals surface area contributed by atoms with Gasteiger partial charge < -0.3 is 15.0 Å². The molecule has 164 valence electrons. The third-order valence-electron chi connectivity index (χ3n) is 7.14. The van der Waals surface area contributed by atoms with Crippen LogP contribution in [0.4, 0.5) is 0 Å². The second kappa shape index (κ2) is 7.56. The van der Waals surface area contributed by atoms with E-state index in [9.17, 15) is 9.59 Å². The van der Waals surface area contributed by atoms with Crippen LogP contribution in [0, 0.1) is 5.92 Å². The second-order valence-corrected chi connectivity index (χ2v) is 9.70. The molecule has 3 unspecified atom stereocenters. The first-order valence-corrected chi connectivity index (χ1v) is 11.9. The second-order valence-electron chi connectivity index (χ2n) is 8.71. The summed E-state index contributed by atoms with van der Waals surface area (Å²) in [6.45, 7) is 1.35. The predicted molar refractivity (Wildman–Crippen MR) is 126 cm³/mol. The van der Waals surface area contributed by atoms with Gasteiger partial charge >= 0.3 is 5.69 Å². The highest BCUT2D eigenvalue weighted by atomic mass is 32.1. The van der Waals surface area contributed by atoms with Gasteiger partial charge in [-0.1, -0.05) is 12.1 Å². The van der Waals surface area contributed by atoms with Gasteiger partial charge in [0.05, 0.1) is 12.6 Å². The molecule has 1 fully saturated rings. The van der Waals surface area contributed by atoms with Crippen molar-refractivity contribution in [2.24, 2.45) is 5.92 Å². The Morgan fingerprint density at radius 2 is 2.16 bits per heavy atom. The summed E-state index contributed by atoms with van der Waals surface area (Å²) in [5.41, 5.74) is 2.66. The van der Waals surface area contributed by atoms with Crippen LogP contribution in [0.1, 0.15) is 29.9 Å². The van der Waals surface area contributed by atoms with Crippen LogP contribution in [0.2, 0.25) is 0 Å². The average Bonchev–Trinajstić information content (AvgIpc) is 3.40. The molecule has 3 aromatic heterocycles. The number of nitrogens with zero attached hydrogens (tertiary/aromatic N) is 2. The number of ether oxygens (including phenoxy) is 1. The number of hydrogen-bond donors (Lipinski definition) is 2. The molecule has 0 spiro atoms. The molecule has 4 heterocycles. The maximum Gasteiger partial charge on any atom is 0.328 e. The van der Waals surface area contributed by atoms with Gasteiger partial charge in [-0.2, -0.15) is 0 Å². The average molecular weight is 449 g/mol. The SMILES string of the molecule is COc1cccc2c1CCC1CNC(CCn3c(=O)[nH]c4c(sc5ncccc54)c3=O)C21. The molecule has 6 rings (SSSR count). The summed E-state index contributed by atoms with van der Waals surface area (Å²) in [5.74, 6) is 1.91. The Kier molecular flexibility index (Phi) is 4.66. The summed E-state index contributed by atoms with van der Waals surface area (Å²) in [4.78, 5) is 34.0. The first kappa shape index (κ1) is 19.7. The van der Waals surface area contributed by atoms with Crippen LogP contribution in [-0.2, 0) is 13.0 Å². The molecule has 1 aliphatic carbocycles. The molecular formula is C24H24N4O3S. The topological polar surface area (TPSA) is 89.0 Å². The van der Waals surface area contributed by atoms with E-state index in [1.165, 1.54) is 27.0 Å². The van der Waals surface area contributed by atoms with Crippen LogP contribution in [-0.4, -0.2) is 34.2 Å². The molecular weight excluding hydrogens is 424 g/mol. The standard InChI is InChI=1S/C24H24N4O3S/c1-31-18-6-2-4-15-14(18)8-7-13-12-26-17(19(13)15)9-11-28-23(29)21-20(27-24(28)30)16-5-3-10-25-22(16)32-21/h2-6,10,13,17,19,26H,7-9,11-12H2,1H3,(H,27,30). The maximum absolute atomic E-state index is 13.2. The summed E-state index contributed by atoms with van der Waals surface area (Å²) in [7, 11) is 1.73. The fourth-order valence-electron chi connectivity index (χ4n) is 5.67. The smallest absolute Gasteiger partial charge is 0.328 e. The van der Waals surface area contributed by atoms with Gasteiger partial charge in [-0.15, -0.1) is 11.3 Å². The van der Waals surface area contributed by atoms with Crippen molar-refractivity contribution >= 4 is 31.8 Å². The number of nitrogens with one attached hydrogen (secondary N) is 2. The lowest BCUT2D eigenvalue weighted by Gasteiger charge is -2.32. The summed E-state index contributed by atoms with van der Waals surface area (Å²) >= 11 is 1.34. The fourth-order valence-corrected chi connectivity index (χ4v) is 6.72. The van der Waals surface area contributed by atoms with E-state index in [4.69, 9.17) is 4.74 Å². The Morgan fingerprint density at radius 1 is 1.25 bits per heavy atom. The molecule has 3 atom stereocenters. The molecule has 2 aliphatic rings. The third-order valence-corrected chi connectivity index (χ3v) is 8.25. The van der Waals surface area contributed by atoms with Crippen molar-refractivity contribution in [1.82, 2.24) is 19.9 Å². The van der Waals surface area contributed by atoms with Crippen LogP contribution >= 0.6 is 11.3 Å². The molecule has 1 aromatic carbocycles. The van der Waals surface area contributed by atoms with Gasteiger partial charge in [0, 0.05) is 30.1 Å². The van der Waals surface area contributed by atoms with Crippen LogP contribution < -0.4 is 21.3 Å². The van der Waals surface area contributed by atoms with Crippen molar-refractivity contribution in [3.05, 3.63) is 68.5 Å². The fraction of sp³-hybridized carbons (Fsp3) is 0.375. The number of fused-ring (bicyclic) bond motifs is 6. The van der Waals surface area contributed by atoms with E-state index in [1.807, 2.05) is 18.2 Å². The lowest BCUT2D eigenvalue weighted by molar-refractivity contribution is 0.371. The zero-order chi connectivity index (χ0) is 21.8. The van der Waals surface area contributed by atoms with Gasteiger partial charge in [0.15, 0.2) is 0 Å². The lowest BCUT2D eigenvalue weighted by atomic mass is 9.73. The van der Waals surface area contributed by atoms with E-state index in [0.29, 0.717) is 28.6 Å². The Hall–Kier alpha value is -2.97. The Labute approximate surface area is 188 Å². The minimum atomic E-state index is -0.355. The monoisotopic (exact) mass is 448 g/mol. The zero-order valence-corrected chi connectivity index (χ0v) is 18.6. The van der Waals surface area contributed by atoms with E-state index >= 15 is 0 Å². The maximum atomic E-state index is 13.2. The zero-order valence-electron chi connectivity index (χ0n) is 17.8. The summed E-state index contributed by atoms with van der Waals surface area (Å²) in [6.07, 6.45) is 4.58. The number of rotatable bonds is 4. The largest absolute Gasteiger partial charge is 0.496 e. The molecule has 0 bridgehead atoms. The number of aromatic amines is 1. The predicted octanol–water partition coefficient (Wildman–Crippen LogP) is 3.02. The Morgan fingerprint density at radius 3 is 3.03 bits per heavy atom. The Bertz CT molecular complexity index is 1450. The van der Waals surface area contributed by atoms with Crippen LogP contribution in [0.25, 0.3) is 20.4 Å². The highest BCUT2D eigenvalue weighted by Gasteiger charge is 2.40. The normalized spacial score (nSPS) is 22.2. The highest BCUT2D eigenvalue weighted by Crippen LogP contribution is 2.45. The Balaban J connectivity index is 1.33. The van der Waals surface area contributed by atoms with E-state index in [0.717, 1.165) is 41.8 Å². The lowest BCUT2D eigenvalue weighted by Crippen LogP contribution is -2.37. The molecule has 0 radical (unpaired) electrons. The van der Waals surface area contributed by atoms with Gasteiger partial charge in [-0.25, -0.2) is 9.78 Å². The number of hydrogen-bond acceptors (Lipinski definition) is 6. The number of aromatic nitrogens is 3. The van der Waals surface area contributed by atoms with E-state index in [1.54, 1.807) is 13.3 Å². The number of H-pyrrole nitrogens is 1. The van der Waals surface area contributed by atoms with Gasteiger partial charge in [0.1, 0.15) is 15.3 Å². The molecule has 1 saturated heterocycles. The summed E-state index contributed by atoms with van der Waals surface area (Å²) in [6, 6.07) is 10.2. The van der Waals surface area contributed by atoms with Crippen molar-refractivity contribution in [1.29, 1.82) is 0 Å². The van der Waals surface area contributed by atoms with Crippen LogP contribution in [0.3, 0.4) is 0 Å². The first-order chi connectivity index (χ1) is 15.7. The molecule has 0 amide bonds. The molecule has 0 saturated carbocycles. The van der Waals surface area contributed by atoms with Gasteiger partial charge in [-0.3, -0.25) is 9.36 Å². The van der Waals surface area contributed by atoms with Gasteiger partial charge in [0.25, 0.3) is 5.56 Å². The quantitative estimate of drug-likeness (QED) is 0.501. The van der Waals surface area contributed by atoms with Crippen LogP contribution in [0.15, 0.2) is 46.1 Å². The van der Waals surface area contributed by atoms with E-state index < -0.39 is 0 Å². The van der Waals surface area contributed by atoms with E-state index in [-0.39, 0.29) is 17.3 Å².